The molecule has 0 atom stereocenters. The molecule has 0 unspecified atom stereocenters. The van der Waals surface area contributed by atoms with Crippen LogP contribution in [0.4, 0.5) is 5.13 Å². The average molecular weight is 355 g/mol. The molecule has 0 bridgehead atoms. The number of nitrogens with one attached hydrogen (secondary N) is 1. The lowest BCUT2D eigenvalue weighted by Gasteiger charge is -2.08. The molecular formula is C18H21N5OS. The van der Waals surface area contributed by atoms with Gasteiger partial charge in [-0.15, -0.1) is 10.2 Å². The van der Waals surface area contributed by atoms with E-state index in [9.17, 15) is 4.79 Å². The maximum absolute atomic E-state index is 12.6. The molecule has 0 spiro atoms. The highest BCUT2D eigenvalue weighted by Gasteiger charge is 2.18. The summed E-state index contributed by atoms with van der Waals surface area (Å²) in [5.41, 5.74) is 2.66. The van der Waals surface area contributed by atoms with Gasteiger partial charge < -0.3 is 0 Å². The lowest BCUT2D eigenvalue weighted by Crippen LogP contribution is -2.15. The number of benzene rings is 1. The van der Waals surface area contributed by atoms with E-state index in [1.54, 1.807) is 6.20 Å². The number of aromatic nitrogens is 4. The summed E-state index contributed by atoms with van der Waals surface area (Å²) in [6.45, 7) is 4.77. The number of carbonyl (C=O) groups is 1. The van der Waals surface area contributed by atoms with E-state index in [-0.39, 0.29) is 5.91 Å². The van der Waals surface area contributed by atoms with E-state index in [1.165, 1.54) is 11.3 Å². The molecule has 7 heteroatoms. The summed E-state index contributed by atoms with van der Waals surface area (Å²) in [5, 5.41) is 16.8. The third-order valence-corrected chi connectivity index (χ3v) is 4.75. The number of hydrogen-bond donors (Lipinski definition) is 1. The number of carbonyl (C=O) groups excluding carboxylic acids is 1. The molecule has 6 nitrogen and oxygen atoms in total. The fourth-order valence-corrected chi connectivity index (χ4v) is 3.49. The predicted octanol–water partition coefficient (Wildman–Crippen LogP) is 3.55. The molecule has 1 amide bonds. The second kappa shape index (κ2) is 8.02. The van der Waals surface area contributed by atoms with Crippen LogP contribution in [0.3, 0.4) is 0 Å². The number of anilines is 1. The van der Waals surface area contributed by atoms with Gasteiger partial charge in [-0.05, 0) is 18.4 Å². The molecule has 3 rings (SSSR count). The summed E-state index contributed by atoms with van der Waals surface area (Å²) in [6, 6.07) is 10.1. The third kappa shape index (κ3) is 4.11. The molecule has 2 aromatic heterocycles. The van der Waals surface area contributed by atoms with Gasteiger partial charge in [-0.25, -0.2) is 0 Å². The minimum absolute atomic E-state index is 0.185. The second-order valence-electron chi connectivity index (χ2n) is 5.71. The minimum Gasteiger partial charge on any atom is -0.296 e. The molecule has 0 radical (unpaired) electrons. The van der Waals surface area contributed by atoms with Crippen molar-refractivity contribution in [1.29, 1.82) is 0 Å². The smallest absolute Gasteiger partial charge is 0.260 e. The van der Waals surface area contributed by atoms with Crippen molar-refractivity contribution in [2.45, 2.75) is 39.7 Å². The number of hydrogen-bond acceptors (Lipinski definition) is 5. The van der Waals surface area contributed by atoms with E-state index in [2.05, 4.69) is 39.7 Å². The van der Waals surface area contributed by atoms with Gasteiger partial charge in [0.25, 0.3) is 5.91 Å². The average Bonchev–Trinajstić information content (AvgIpc) is 3.23. The molecule has 130 valence electrons. The monoisotopic (exact) mass is 355 g/mol. The van der Waals surface area contributed by atoms with Crippen molar-refractivity contribution in [3.63, 3.8) is 0 Å². The zero-order chi connectivity index (χ0) is 17.6. The molecule has 25 heavy (non-hydrogen) atoms. The minimum atomic E-state index is -0.185. The quantitative estimate of drug-likeness (QED) is 0.703. The van der Waals surface area contributed by atoms with Crippen molar-refractivity contribution >= 4 is 22.4 Å². The van der Waals surface area contributed by atoms with Gasteiger partial charge >= 0.3 is 0 Å². The first kappa shape index (κ1) is 17.3. The molecule has 0 saturated heterocycles. The largest absolute Gasteiger partial charge is 0.296 e. The van der Waals surface area contributed by atoms with Crippen molar-refractivity contribution in [1.82, 2.24) is 20.0 Å². The maximum Gasteiger partial charge on any atom is 0.260 e. The van der Waals surface area contributed by atoms with Crippen LogP contribution < -0.4 is 5.32 Å². The number of rotatable bonds is 7. The van der Waals surface area contributed by atoms with E-state index in [4.69, 9.17) is 0 Å². The summed E-state index contributed by atoms with van der Waals surface area (Å²) in [4.78, 5) is 12.6. The van der Waals surface area contributed by atoms with E-state index in [1.807, 2.05) is 29.8 Å². The normalized spacial score (nSPS) is 10.8. The van der Waals surface area contributed by atoms with Crippen LogP contribution in [0.15, 0.2) is 36.5 Å². The first-order chi connectivity index (χ1) is 12.2. The van der Waals surface area contributed by atoms with Crippen molar-refractivity contribution in [2.75, 3.05) is 5.32 Å². The highest BCUT2D eigenvalue weighted by molar-refractivity contribution is 7.15. The number of amides is 1. The Bertz CT molecular complexity index is 840. The van der Waals surface area contributed by atoms with E-state index in [0.29, 0.717) is 17.2 Å². The van der Waals surface area contributed by atoms with Crippen LogP contribution in [-0.2, 0) is 19.4 Å². The lowest BCUT2D eigenvalue weighted by atomic mass is 10.2. The standard InChI is InChI=1S/C18H21N5OS/c1-3-8-16-21-22-18(25-16)20-17(24)14-11-19-23(15(14)4-2)12-13-9-6-5-7-10-13/h5-7,9-11H,3-4,8,12H2,1-2H3,(H,20,22,24). The number of nitrogens with zero attached hydrogens (tertiary/aromatic N) is 4. The van der Waals surface area contributed by atoms with Gasteiger partial charge in [-0.2, -0.15) is 5.10 Å². The van der Waals surface area contributed by atoms with Gasteiger partial charge in [0.05, 0.1) is 24.0 Å². The van der Waals surface area contributed by atoms with Crippen LogP contribution in [0.2, 0.25) is 0 Å². The van der Waals surface area contributed by atoms with Gasteiger partial charge in [0, 0.05) is 6.42 Å². The molecule has 0 fully saturated rings. The van der Waals surface area contributed by atoms with Crippen LogP contribution in [-0.4, -0.2) is 25.9 Å². The van der Waals surface area contributed by atoms with Crippen LogP contribution in [0.5, 0.6) is 0 Å². The Morgan fingerprint density at radius 3 is 2.72 bits per heavy atom. The van der Waals surface area contributed by atoms with Gasteiger partial charge in [0.2, 0.25) is 5.13 Å². The fourth-order valence-electron chi connectivity index (χ4n) is 2.65. The molecular weight excluding hydrogens is 334 g/mol. The van der Waals surface area contributed by atoms with Crippen molar-refractivity contribution in [3.8, 4) is 0 Å². The zero-order valence-corrected chi connectivity index (χ0v) is 15.2. The van der Waals surface area contributed by atoms with Gasteiger partial charge in [-0.1, -0.05) is 55.5 Å². The topological polar surface area (TPSA) is 72.7 Å². The molecule has 1 N–H and O–H groups in total. The predicted molar refractivity (Wildman–Crippen MR) is 99.0 cm³/mol. The Morgan fingerprint density at radius 2 is 2.00 bits per heavy atom. The van der Waals surface area contributed by atoms with Crippen LogP contribution in [0.1, 0.15) is 46.9 Å². The first-order valence-corrected chi connectivity index (χ1v) is 9.25. The summed E-state index contributed by atoms with van der Waals surface area (Å²) in [5.74, 6) is -0.185. The van der Waals surface area contributed by atoms with Gasteiger partial charge in [0.1, 0.15) is 5.01 Å². The van der Waals surface area contributed by atoms with Crippen LogP contribution >= 0.6 is 11.3 Å². The van der Waals surface area contributed by atoms with Crippen LogP contribution in [0, 0.1) is 0 Å². The Hall–Kier alpha value is -2.54. The molecule has 0 aliphatic rings. The molecule has 0 aliphatic heterocycles. The Morgan fingerprint density at radius 1 is 1.20 bits per heavy atom. The fraction of sp³-hybridized carbons (Fsp3) is 0.333. The van der Waals surface area contributed by atoms with Gasteiger partial charge in [-0.3, -0.25) is 14.8 Å². The second-order valence-corrected chi connectivity index (χ2v) is 6.77. The zero-order valence-electron chi connectivity index (χ0n) is 14.4. The summed E-state index contributed by atoms with van der Waals surface area (Å²) < 4.78 is 1.88. The van der Waals surface area contributed by atoms with E-state index >= 15 is 0 Å². The highest BCUT2D eigenvalue weighted by atomic mass is 32.1. The molecule has 2 heterocycles. The summed E-state index contributed by atoms with van der Waals surface area (Å²) in [6.07, 6.45) is 4.25. The van der Waals surface area contributed by atoms with E-state index in [0.717, 1.165) is 35.5 Å². The Balaban J connectivity index is 1.76. The van der Waals surface area contributed by atoms with Crippen LogP contribution in [0.25, 0.3) is 0 Å². The van der Waals surface area contributed by atoms with E-state index < -0.39 is 0 Å². The SMILES string of the molecule is CCCc1nnc(NC(=O)c2cnn(Cc3ccccc3)c2CC)s1. The Kier molecular flexibility index (Phi) is 5.55. The first-order valence-electron chi connectivity index (χ1n) is 8.43. The molecule has 0 saturated carbocycles. The maximum atomic E-state index is 12.6. The summed E-state index contributed by atoms with van der Waals surface area (Å²) in [7, 11) is 0. The Labute approximate surface area is 150 Å². The molecule has 3 aromatic rings. The van der Waals surface area contributed by atoms with Crippen molar-refractivity contribution in [3.05, 3.63) is 58.4 Å². The summed E-state index contributed by atoms with van der Waals surface area (Å²) >= 11 is 1.42. The lowest BCUT2D eigenvalue weighted by molar-refractivity contribution is 0.102. The van der Waals surface area contributed by atoms with Crippen molar-refractivity contribution < 1.29 is 4.79 Å². The number of aryl methyl sites for hydroxylation is 1. The van der Waals surface area contributed by atoms with Crippen molar-refractivity contribution in [2.24, 2.45) is 0 Å². The third-order valence-electron chi connectivity index (χ3n) is 3.85. The highest BCUT2D eigenvalue weighted by Crippen LogP contribution is 2.19. The molecule has 1 aromatic carbocycles. The molecule has 0 aliphatic carbocycles. The van der Waals surface area contributed by atoms with Gasteiger partial charge in [0.15, 0.2) is 0 Å².